The van der Waals surface area contributed by atoms with Gasteiger partial charge in [0, 0.05) is 6.54 Å². The van der Waals surface area contributed by atoms with Crippen molar-refractivity contribution < 1.29 is 0 Å². The van der Waals surface area contributed by atoms with Gasteiger partial charge >= 0.3 is 0 Å². The number of nitrogens with zero attached hydrogens (tertiary/aromatic N) is 2. The minimum atomic E-state index is 0.667. The third-order valence-corrected chi connectivity index (χ3v) is 2.48. The van der Waals surface area contributed by atoms with Gasteiger partial charge in [-0.15, -0.1) is 0 Å². The second-order valence-electron chi connectivity index (χ2n) is 4.05. The van der Waals surface area contributed by atoms with Crippen LogP contribution in [0.1, 0.15) is 11.4 Å². The second kappa shape index (κ2) is 4.61. The summed E-state index contributed by atoms with van der Waals surface area (Å²) in [5, 5.41) is 0. The second-order valence-corrected chi connectivity index (χ2v) is 4.05. The average Bonchev–Trinajstić information content (AvgIpc) is 2.57. The van der Waals surface area contributed by atoms with E-state index >= 15 is 0 Å². The number of nitrogens with two attached hydrogens (primary N) is 1. The van der Waals surface area contributed by atoms with Gasteiger partial charge in [0.25, 0.3) is 0 Å². The van der Waals surface area contributed by atoms with Crippen LogP contribution in [-0.2, 0) is 6.54 Å². The zero-order valence-corrected chi connectivity index (χ0v) is 9.62. The van der Waals surface area contributed by atoms with Gasteiger partial charge in [-0.25, -0.2) is 10.4 Å². The van der Waals surface area contributed by atoms with Gasteiger partial charge in [0.1, 0.15) is 5.82 Å². The number of benzene rings is 1. The normalized spacial score (nSPS) is 11.5. The van der Waals surface area contributed by atoms with Crippen LogP contribution in [0.5, 0.6) is 0 Å². The maximum Gasteiger partial charge on any atom is 0.104 e. The number of rotatable bonds is 4. The lowest BCUT2D eigenvalue weighted by molar-refractivity contribution is 0.301. The number of aryl methyl sites for hydroxylation is 1. The van der Waals surface area contributed by atoms with Gasteiger partial charge in [-0.3, -0.25) is 10.7 Å². The van der Waals surface area contributed by atoms with Gasteiger partial charge in [0.2, 0.25) is 0 Å². The van der Waals surface area contributed by atoms with Crippen molar-refractivity contribution in [2.75, 3.05) is 13.7 Å². The minimum Gasteiger partial charge on any atom is -0.342 e. The molecule has 0 amide bonds. The van der Waals surface area contributed by atoms with Crippen molar-refractivity contribution in [3.8, 4) is 0 Å². The summed E-state index contributed by atoms with van der Waals surface area (Å²) in [4.78, 5) is 9.70. The molecule has 0 aliphatic heterocycles. The highest BCUT2D eigenvalue weighted by atomic mass is 15.3. The number of aromatic nitrogens is 2. The highest BCUT2D eigenvalue weighted by Crippen LogP contribution is 2.14. The fourth-order valence-corrected chi connectivity index (χ4v) is 1.81. The van der Waals surface area contributed by atoms with Gasteiger partial charge < -0.3 is 4.98 Å². The smallest absolute Gasteiger partial charge is 0.104 e. The Morgan fingerprint density at radius 2 is 2.31 bits per heavy atom. The summed E-state index contributed by atoms with van der Waals surface area (Å²) >= 11 is 0. The van der Waals surface area contributed by atoms with Crippen LogP contribution in [0.25, 0.3) is 11.0 Å². The number of fused-ring (bicyclic) bond motifs is 1. The van der Waals surface area contributed by atoms with Crippen molar-refractivity contribution >= 4 is 11.0 Å². The molecule has 0 fully saturated rings. The Bertz CT molecular complexity index is 476. The van der Waals surface area contributed by atoms with E-state index in [4.69, 9.17) is 5.84 Å². The molecule has 0 atom stereocenters. The van der Waals surface area contributed by atoms with Crippen LogP contribution in [0.4, 0.5) is 0 Å². The Hall–Kier alpha value is -1.43. The van der Waals surface area contributed by atoms with Crippen LogP contribution in [-0.4, -0.2) is 28.6 Å². The summed E-state index contributed by atoms with van der Waals surface area (Å²) < 4.78 is 0. The molecule has 16 heavy (non-hydrogen) atoms. The summed E-state index contributed by atoms with van der Waals surface area (Å²) in [5.74, 6) is 6.22. The lowest BCUT2D eigenvalue weighted by Crippen LogP contribution is -2.34. The first-order valence-electron chi connectivity index (χ1n) is 5.26. The van der Waals surface area contributed by atoms with E-state index in [9.17, 15) is 0 Å². The summed E-state index contributed by atoms with van der Waals surface area (Å²) in [6.07, 6.45) is 0. The fraction of sp³-hybridized carbons (Fsp3) is 0.364. The van der Waals surface area contributed by atoms with E-state index in [2.05, 4.69) is 32.4 Å². The standard InChI is InChI=1S/C11H17N5/c1-8-14-10-4-3-9(5-11(10)15-8)6-16(2)7-13-12/h3-5,13H,6-7,12H2,1-2H3,(H,14,15). The van der Waals surface area contributed by atoms with Crippen LogP contribution in [0.3, 0.4) is 0 Å². The lowest BCUT2D eigenvalue weighted by atomic mass is 10.2. The molecule has 0 saturated carbocycles. The monoisotopic (exact) mass is 219 g/mol. The quantitative estimate of drug-likeness (QED) is 0.403. The first-order chi connectivity index (χ1) is 7.69. The zero-order chi connectivity index (χ0) is 11.5. The highest BCUT2D eigenvalue weighted by molar-refractivity contribution is 5.75. The van der Waals surface area contributed by atoms with Crippen molar-refractivity contribution in [3.05, 3.63) is 29.6 Å². The molecule has 1 aromatic heterocycles. The molecule has 5 nitrogen and oxygen atoms in total. The Kier molecular flexibility index (Phi) is 3.19. The number of nitrogens with one attached hydrogen (secondary N) is 2. The van der Waals surface area contributed by atoms with E-state index in [1.807, 2.05) is 20.0 Å². The minimum absolute atomic E-state index is 0.667. The molecule has 0 unspecified atom stereocenters. The van der Waals surface area contributed by atoms with Crippen molar-refractivity contribution in [2.45, 2.75) is 13.5 Å². The maximum absolute atomic E-state index is 5.27. The largest absolute Gasteiger partial charge is 0.342 e. The van der Waals surface area contributed by atoms with E-state index in [0.29, 0.717) is 6.67 Å². The van der Waals surface area contributed by atoms with Gasteiger partial charge in [0.05, 0.1) is 17.7 Å². The summed E-state index contributed by atoms with van der Waals surface area (Å²) in [7, 11) is 2.02. The molecule has 1 heterocycles. The lowest BCUT2D eigenvalue weighted by Gasteiger charge is -2.15. The average molecular weight is 219 g/mol. The first kappa shape index (κ1) is 11.1. The molecule has 0 saturated heterocycles. The number of hydrogen-bond acceptors (Lipinski definition) is 4. The van der Waals surface area contributed by atoms with Crippen LogP contribution >= 0.6 is 0 Å². The Labute approximate surface area is 94.6 Å². The third-order valence-electron chi connectivity index (χ3n) is 2.48. The molecule has 0 aliphatic carbocycles. The molecular weight excluding hydrogens is 202 g/mol. The molecule has 0 radical (unpaired) electrons. The molecule has 5 heteroatoms. The summed E-state index contributed by atoms with van der Waals surface area (Å²) in [5.41, 5.74) is 5.98. The SMILES string of the molecule is Cc1nc2ccc(CN(C)CNN)cc2[nH]1. The Balaban J connectivity index is 2.18. The maximum atomic E-state index is 5.27. The number of H-pyrrole nitrogens is 1. The van der Waals surface area contributed by atoms with Crippen LogP contribution < -0.4 is 11.3 Å². The summed E-state index contributed by atoms with van der Waals surface area (Å²) in [6, 6.07) is 6.26. The molecular formula is C11H17N5. The van der Waals surface area contributed by atoms with Crippen molar-refractivity contribution in [1.82, 2.24) is 20.3 Å². The van der Waals surface area contributed by atoms with Crippen molar-refractivity contribution in [3.63, 3.8) is 0 Å². The van der Waals surface area contributed by atoms with E-state index < -0.39 is 0 Å². The number of aromatic amines is 1. The van der Waals surface area contributed by atoms with Gasteiger partial charge in [-0.1, -0.05) is 6.07 Å². The molecule has 0 bridgehead atoms. The molecule has 2 aromatic rings. The Morgan fingerprint density at radius 3 is 3.06 bits per heavy atom. The third kappa shape index (κ3) is 2.38. The van der Waals surface area contributed by atoms with Crippen molar-refractivity contribution in [1.29, 1.82) is 0 Å². The number of imidazole rings is 1. The van der Waals surface area contributed by atoms with Gasteiger partial charge in [-0.05, 0) is 31.7 Å². The topological polar surface area (TPSA) is 70.0 Å². The Morgan fingerprint density at radius 1 is 1.50 bits per heavy atom. The van der Waals surface area contributed by atoms with E-state index in [1.54, 1.807) is 0 Å². The first-order valence-corrected chi connectivity index (χ1v) is 5.26. The van der Waals surface area contributed by atoms with E-state index in [0.717, 1.165) is 23.4 Å². The van der Waals surface area contributed by atoms with Crippen molar-refractivity contribution in [2.24, 2.45) is 5.84 Å². The van der Waals surface area contributed by atoms with Gasteiger partial charge in [-0.2, -0.15) is 0 Å². The molecule has 0 aliphatic rings. The number of hydrogen-bond donors (Lipinski definition) is 3. The molecule has 2 rings (SSSR count). The van der Waals surface area contributed by atoms with Crippen LogP contribution in [0.15, 0.2) is 18.2 Å². The molecule has 86 valence electrons. The van der Waals surface area contributed by atoms with E-state index in [1.165, 1.54) is 5.56 Å². The predicted octanol–water partition coefficient (Wildman–Crippen LogP) is 0.724. The van der Waals surface area contributed by atoms with E-state index in [-0.39, 0.29) is 0 Å². The van der Waals surface area contributed by atoms with Gasteiger partial charge in [0.15, 0.2) is 0 Å². The zero-order valence-electron chi connectivity index (χ0n) is 9.62. The number of hydrazine groups is 1. The molecule has 1 aromatic carbocycles. The van der Waals surface area contributed by atoms with Crippen LogP contribution in [0, 0.1) is 6.92 Å². The summed E-state index contributed by atoms with van der Waals surface area (Å²) in [6.45, 7) is 3.49. The highest BCUT2D eigenvalue weighted by Gasteiger charge is 2.03. The predicted molar refractivity (Wildman–Crippen MR) is 64.5 cm³/mol. The molecule has 4 N–H and O–H groups in total. The molecule has 0 spiro atoms. The fourth-order valence-electron chi connectivity index (χ4n) is 1.81. The van der Waals surface area contributed by atoms with Crippen LogP contribution in [0.2, 0.25) is 0 Å².